The molecular weight excluding hydrogens is 191 g/mol. The van der Waals surface area contributed by atoms with Gasteiger partial charge in [-0.25, -0.2) is 4.39 Å². The van der Waals surface area contributed by atoms with E-state index < -0.39 is 0 Å². The maximum absolute atomic E-state index is 13.6. The molecule has 0 aliphatic rings. The summed E-state index contributed by atoms with van der Waals surface area (Å²) in [5.41, 5.74) is 2.68. The average molecular weight is 210 g/mol. The van der Waals surface area contributed by atoms with E-state index in [0.29, 0.717) is 6.42 Å². The number of aryl methyl sites for hydroxylation is 1. The predicted octanol–water partition coefficient (Wildman–Crippen LogP) is 3.18. The number of aliphatic hydroxyl groups excluding tert-OH is 1. The molecule has 1 aromatic carbocycles. The summed E-state index contributed by atoms with van der Waals surface area (Å²) in [6.07, 6.45) is 0.209. The number of benzene rings is 1. The van der Waals surface area contributed by atoms with Gasteiger partial charge in [0.05, 0.1) is 6.10 Å². The second-order valence-corrected chi connectivity index (χ2v) is 4.51. The molecule has 84 valence electrons. The van der Waals surface area contributed by atoms with E-state index in [4.69, 9.17) is 0 Å². The van der Waals surface area contributed by atoms with Crippen molar-refractivity contribution in [3.8, 4) is 0 Å². The smallest absolute Gasteiger partial charge is 0.126 e. The molecule has 15 heavy (non-hydrogen) atoms. The van der Waals surface area contributed by atoms with Crippen LogP contribution in [0.2, 0.25) is 0 Å². The van der Waals surface area contributed by atoms with Crippen molar-refractivity contribution in [1.29, 1.82) is 0 Å². The third-order valence-corrected chi connectivity index (χ3v) is 2.59. The molecule has 1 aromatic rings. The van der Waals surface area contributed by atoms with Crippen LogP contribution in [0.25, 0.3) is 0 Å². The number of aliphatic hydroxyl groups is 1. The van der Waals surface area contributed by atoms with Gasteiger partial charge < -0.3 is 5.11 Å². The molecule has 0 fully saturated rings. The fraction of sp³-hybridized carbons (Fsp3) is 0.538. The van der Waals surface area contributed by atoms with Gasteiger partial charge in [0.1, 0.15) is 5.82 Å². The monoisotopic (exact) mass is 210 g/mol. The summed E-state index contributed by atoms with van der Waals surface area (Å²) in [7, 11) is 0. The first-order valence-corrected chi connectivity index (χ1v) is 5.38. The van der Waals surface area contributed by atoms with Crippen LogP contribution in [0.1, 0.15) is 43.4 Å². The maximum atomic E-state index is 13.6. The van der Waals surface area contributed by atoms with Crippen LogP contribution in [-0.4, -0.2) is 11.2 Å². The van der Waals surface area contributed by atoms with Gasteiger partial charge in [-0.2, -0.15) is 0 Å². The minimum Gasteiger partial charge on any atom is -0.393 e. The molecule has 1 rings (SSSR count). The van der Waals surface area contributed by atoms with Gasteiger partial charge in [-0.05, 0) is 48.9 Å². The summed E-state index contributed by atoms with van der Waals surface area (Å²) >= 11 is 0. The first kappa shape index (κ1) is 12.2. The third-order valence-electron chi connectivity index (χ3n) is 2.59. The van der Waals surface area contributed by atoms with Gasteiger partial charge in [-0.15, -0.1) is 0 Å². The zero-order valence-corrected chi connectivity index (χ0v) is 9.84. The number of hydrogen-bond acceptors (Lipinski definition) is 1. The van der Waals surface area contributed by atoms with Gasteiger partial charge in [0.25, 0.3) is 0 Å². The van der Waals surface area contributed by atoms with E-state index in [0.717, 1.165) is 16.7 Å². The highest BCUT2D eigenvalue weighted by atomic mass is 19.1. The Labute approximate surface area is 90.9 Å². The Kier molecular flexibility index (Phi) is 3.86. The summed E-state index contributed by atoms with van der Waals surface area (Å²) in [5.74, 6) is 0.0372. The molecule has 0 heterocycles. The molecule has 1 atom stereocenters. The molecule has 0 radical (unpaired) electrons. The third kappa shape index (κ3) is 3.03. The number of rotatable bonds is 3. The van der Waals surface area contributed by atoms with E-state index in [-0.39, 0.29) is 17.8 Å². The predicted molar refractivity (Wildman–Crippen MR) is 60.6 cm³/mol. The van der Waals surface area contributed by atoms with Crippen molar-refractivity contribution in [3.63, 3.8) is 0 Å². The molecule has 0 saturated heterocycles. The number of hydrogen-bond donors (Lipinski definition) is 1. The maximum Gasteiger partial charge on any atom is 0.126 e. The normalized spacial score (nSPS) is 13.3. The highest BCUT2D eigenvalue weighted by Gasteiger charge is 2.11. The minimum absolute atomic E-state index is 0.142. The van der Waals surface area contributed by atoms with Gasteiger partial charge in [0, 0.05) is 0 Å². The second-order valence-electron chi connectivity index (χ2n) is 4.51. The first-order valence-electron chi connectivity index (χ1n) is 5.38. The van der Waals surface area contributed by atoms with Crippen LogP contribution in [0.15, 0.2) is 12.1 Å². The first-order chi connectivity index (χ1) is 6.91. The molecule has 1 nitrogen and oxygen atoms in total. The molecule has 0 aromatic heterocycles. The summed E-state index contributed by atoms with van der Waals surface area (Å²) in [4.78, 5) is 0. The van der Waals surface area contributed by atoms with Crippen molar-refractivity contribution < 1.29 is 9.50 Å². The molecule has 1 unspecified atom stereocenters. The fourth-order valence-electron chi connectivity index (χ4n) is 1.72. The highest BCUT2D eigenvalue weighted by molar-refractivity contribution is 5.34. The molecule has 0 aliphatic carbocycles. The Bertz CT molecular complexity index is 343. The molecular formula is C13H19FO. The second kappa shape index (κ2) is 4.75. The van der Waals surface area contributed by atoms with E-state index in [1.54, 1.807) is 13.0 Å². The van der Waals surface area contributed by atoms with Crippen LogP contribution in [0.4, 0.5) is 4.39 Å². The van der Waals surface area contributed by atoms with Crippen molar-refractivity contribution in [2.75, 3.05) is 0 Å². The van der Waals surface area contributed by atoms with Crippen molar-refractivity contribution in [2.45, 2.75) is 46.1 Å². The Balaban J connectivity index is 3.11. The van der Waals surface area contributed by atoms with Gasteiger partial charge in [0.15, 0.2) is 0 Å². The average Bonchev–Trinajstić information content (AvgIpc) is 2.08. The van der Waals surface area contributed by atoms with E-state index in [9.17, 15) is 9.50 Å². The molecule has 1 N–H and O–H groups in total. The van der Waals surface area contributed by atoms with Crippen LogP contribution >= 0.6 is 0 Å². The van der Waals surface area contributed by atoms with Crippen LogP contribution in [0.3, 0.4) is 0 Å². The lowest BCUT2D eigenvalue weighted by Gasteiger charge is -2.13. The Morgan fingerprint density at radius 1 is 1.27 bits per heavy atom. The lowest BCUT2D eigenvalue weighted by atomic mass is 9.94. The molecule has 0 bridgehead atoms. The molecule has 2 heteroatoms. The SMILES string of the molecule is Cc1cc(F)c(C(C)C)cc1CC(C)O. The van der Waals surface area contributed by atoms with Gasteiger partial charge in [0.2, 0.25) is 0 Å². The summed E-state index contributed by atoms with van der Waals surface area (Å²) in [6.45, 7) is 7.57. The zero-order valence-electron chi connectivity index (χ0n) is 9.84. The van der Waals surface area contributed by atoms with Crippen molar-refractivity contribution in [3.05, 3.63) is 34.6 Å². The van der Waals surface area contributed by atoms with Gasteiger partial charge in [-0.3, -0.25) is 0 Å². The molecule has 0 amide bonds. The quantitative estimate of drug-likeness (QED) is 0.812. The van der Waals surface area contributed by atoms with E-state index in [2.05, 4.69) is 0 Å². The minimum atomic E-state index is -0.380. The van der Waals surface area contributed by atoms with E-state index in [1.807, 2.05) is 26.8 Å². The van der Waals surface area contributed by atoms with Crippen molar-refractivity contribution in [2.24, 2.45) is 0 Å². The molecule has 0 aliphatic heterocycles. The zero-order chi connectivity index (χ0) is 11.6. The topological polar surface area (TPSA) is 20.2 Å². The Hall–Kier alpha value is -0.890. The molecule has 0 spiro atoms. The van der Waals surface area contributed by atoms with Crippen molar-refractivity contribution in [1.82, 2.24) is 0 Å². The summed E-state index contributed by atoms with van der Waals surface area (Å²) < 4.78 is 13.6. The summed E-state index contributed by atoms with van der Waals surface area (Å²) in [5, 5.41) is 9.34. The summed E-state index contributed by atoms with van der Waals surface area (Å²) in [6, 6.07) is 3.44. The van der Waals surface area contributed by atoms with Crippen LogP contribution in [0, 0.1) is 12.7 Å². The van der Waals surface area contributed by atoms with Crippen molar-refractivity contribution >= 4 is 0 Å². The fourth-order valence-corrected chi connectivity index (χ4v) is 1.72. The van der Waals surface area contributed by atoms with Gasteiger partial charge in [-0.1, -0.05) is 19.9 Å². The van der Waals surface area contributed by atoms with E-state index in [1.165, 1.54) is 0 Å². The molecule has 0 saturated carbocycles. The Morgan fingerprint density at radius 2 is 1.87 bits per heavy atom. The van der Waals surface area contributed by atoms with Crippen LogP contribution in [-0.2, 0) is 6.42 Å². The lowest BCUT2D eigenvalue weighted by Crippen LogP contribution is -2.07. The van der Waals surface area contributed by atoms with Crippen LogP contribution < -0.4 is 0 Å². The Morgan fingerprint density at radius 3 is 2.33 bits per heavy atom. The highest BCUT2D eigenvalue weighted by Crippen LogP contribution is 2.23. The van der Waals surface area contributed by atoms with Gasteiger partial charge >= 0.3 is 0 Å². The lowest BCUT2D eigenvalue weighted by molar-refractivity contribution is 0.195. The number of halogens is 1. The van der Waals surface area contributed by atoms with Crippen LogP contribution in [0.5, 0.6) is 0 Å². The largest absolute Gasteiger partial charge is 0.393 e. The van der Waals surface area contributed by atoms with E-state index >= 15 is 0 Å². The standard InChI is InChI=1S/C13H19FO/c1-8(2)12-7-11(6-10(4)15)9(3)5-13(12)14/h5,7-8,10,15H,6H2,1-4H3.